The first kappa shape index (κ1) is 17.0. The molecule has 116 valence electrons. The van der Waals surface area contributed by atoms with Crippen LogP contribution in [0.5, 0.6) is 0 Å². The number of amides is 1. The van der Waals surface area contributed by atoms with Gasteiger partial charge in [-0.1, -0.05) is 34.6 Å². The lowest BCUT2D eigenvalue weighted by Crippen LogP contribution is -2.76. The maximum absolute atomic E-state index is 12.1. The molecule has 0 aliphatic heterocycles. The van der Waals surface area contributed by atoms with E-state index in [0.717, 1.165) is 0 Å². The summed E-state index contributed by atoms with van der Waals surface area (Å²) in [4.78, 5) is 23.8. The van der Waals surface area contributed by atoms with E-state index in [-0.39, 0.29) is 17.4 Å². The van der Waals surface area contributed by atoms with Crippen molar-refractivity contribution in [1.29, 1.82) is 0 Å². The minimum absolute atomic E-state index is 0.140. The summed E-state index contributed by atoms with van der Waals surface area (Å²) >= 11 is 0. The maximum Gasteiger partial charge on any atom is 0.330 e. The highest BCUT2D eigenvalue weighted by molar-refractivity contribution is 5.89. The number of carboxylic acids is 1. The molecule has 1 fully saturated rings. The molecule has 1 aliphatic carbocycles. The van der Waals surface area contributed by atoms with Crippen molar-refractivity contribution in [1.82, 2.24) is 5.32 Å². The quantitative estimate of drug-likeness (QED) is 0.812. The fourth-order valence-corrected chi connectivity index (χ4v) is 2.80. The van der Waals surface area contributed by atoms with E-state index in [0.29, 0.717) is 19.4 Å². The van der Waals surface area contributed by atoms with Gasteiger partial charge in [-0.3, -0.25) is 4.79 Å². The molecule has 1 saturated carbocycles. The van der Waals surface area contributed by atoms with Gasteiger partial charge in [0.25, 0.3) is 0 Å². The summed E-state index contributed by atoms with van der Waals surface area (Å²) in [6.45, 7) is 12.0. The van der Waals surface area contributed by atoms with Gasteiger partial charge in [-0.15, -0.1) is 0 Å². The Morgan fingerprint density at radius 3 is 2.25 bits per heavy atom. The minimum Gasteiger partial charge on any atom is -0.479 e. The van der Waals surface area contributed by atoms with Gasteiger partial charge < -0.3 is 15.2 Å². The number of carboxylic acid groups (broad SMARTS) is 1. The molecule has 0 aromatic rings. The molecule has 1 rings (SSSR count). The lowest BCUT2D eigenvalue weighted by atomic mass is 9.54. The molecule has 1 aliphatic rings. The van der Waals surface area contributed by atoms with Crippen LogP contribution in [0.25, 0.3) is 0 Å². The van der Waals surface area contributed by atoms with Gasteiger partial charge in [0.2, 0.25) is 5.91 Å². The van der Waals surface area contributed by atoms with Crippen LogP contribution in [0.3, 0.4) is 0 Å². The third kappa shape index (κ3) is 2.97. The molecule has 0 radical (unpaired) electrons. The summed E-state index contributed by atoms with van der Waals surface area (Å²) in [5, 5.41) is 12.3. The van der Waals surface area contributed by atoms with Crippen LogP contribution in [0.1, 0.15) is 54.4 Å². The van der Waals surface area contributed by atoms with Crippen LogP contribution in [0.15, 0.2) is 0 Å². The maximum atomic E-state index is 12.1. The second kappa shape index (κ2) is 5.35. The van der Waals surface area contributed by atoms with Crippen molar-refractivity contribution in [2.24, 2.45) is 10.8 Å². The summed E-state index contributed by atoms with van der Waals surface area (Å²) in [6.07, 6.45) is 0.481. The van der Waals surface area contributed by atoms with Crippen LogP contribution in [-0.2, 0) is 14.3 Å². The number of aliphatic carboxylic acids is 1. The Bertz CT molecular complexity index is 397. The van der Waals surface area contributed by atoms with E-state index >= 15 is 0 Å². The van der Waals surface area contributed by atoms with Crippen LogP contribution in [0.2, 0.25) is 0 Å². The summed E-state index contributed by atoms with van der Waals surface area (Å²) in [6, 6.07) is 0. The Morgan fingerprint density at radius 1 is 1.35 bits per heavy atom. The molecule has 0 aromatic heterocycles. The average molecular weight is 285 g/mol. The standard InChI is InChI=1S/C15H27NO4/c1-7-20-10-8-15(12(18)19,14(10,5)6)16-11(17)9-13(2,3)4/h10H,7-9H2,1-6H3,(H,16,17)(H,18,19). The van der Waals surface area contributed by atoms with Gasteiger partial charge in [-0.2, -0.15) is 0 Å². The largest absolute Gasteiger partial charge is 0.479 e. The molecule has 0 aromatic carbocycles. The number of nitrogens with one attached hydrogen (secondary N) is 1. The third-order valence-electron chi connectivity index (χ3n) is 4.17. The highest BCUT2D eigenvalue weighted by Gasteiger charge is 2.66. The van der Waals surface area contributed by atoms with Gasteiger partial charge >= 0.3 is 5.97 Å². The smallest absolute Gasteiger partial charge is 0.330 e. The van der Waals surface area contributed by atoms with Crippen molar-refractivity contribution < 1.29 is 19.4 Å². The van der Waals surface area contributed by atoms with Crippen LogP contribution in [-0.4, -0.2) is 35.2 Å². The third-order valence-corrected chi connectivity index (χ3v) is 4.17. The first-order chi connectivity index (χ1) is 8.96. The molecule has 0 heterocycles. The van der Waals surface area contributed by atoms with Crippen molar-refractivity contribution in [3.05, 3.63) is 0 Å². The molecule has 5 heteroatoms. The minimum atomic E-state index is -1.23. The summed E-state index contributed by atoms with van der Waals surface area (Å²) in [5.41, 5.74) is -2.02. The zero-order valence-corrected chi connectivity index (χ0v) is 13.4. The van der Waals surface area contributed by atoms with Gasteiger partial charge in [-0.25, -0.2) is 4.79 Å². The highest BCUT2D eigenvalue weighted by atomic mass is 16.5. The molecule has 20 heavy (non-hydrogen) atoms. The molecule has 0 bridgehead atoms. The highest BCUT2D eigenvalue weighted by Crippen LogP contribution is 2.51. The number of carbonyl (C=O) groups is 2. The molecule has 0 saturated heterocycles. The van der Waals surface area contributed by atoms with E-state index in [1.54, 1.807) is 0 Å². The lowest BCUT2D eigenvalue weighted by Gasteiger charge is -2.58. The average Bonchev–Trinajstić information content (AvgIpc) is 2.24. The van der Waals surface area contributed by atoms with Crippen molar-refractivity contribution >= 4 is 11.9 Å². The van der Waals surface area contributed by atoms with Crippen molar-refractivity contribution in [2.45, 2.75) is 66.0 Å². The zero-order chi connectivity index (χ0) is 15.8. The first-order valence-electron chi connectivity index (χ1n) is 7.12. The Kier molecular flexibility index (Phi) is 4.54. The molecule has 2 unspecified atom stereocenters. The second-order valence-electron chi connectivity index (χ2n) is 7.37. The molecule has 1 amide bonds. The van der Waals surface area contributed by atoms with Gasteiger partial charge in [-0.05, 0) is 12.3 Å². The fourth-order valence-electron chi connectivity index (χ4n) is 2.80. The zero-order valence-electron chi connectivity index (χ0n) is 13.4. The SMILES string of the molecule is CCOC1CC(NC(=O)CC(C)(C)C)(C(=O)O)C1(C)C. The molecule has 2 N–H and O–H groups in total. The van der Waals surface area contributed by atoms with Crippen molar-refractivity contribution in [3.8, 4) is 0 Å². The monoisotopic (exact) mass is 285 g/mol. The fraction of sp³-hybridized carbons (Fsp3) is 0.867. The van der Waals surface area contributed by atoms with E-state index in [1.807, 2.05) is 41.5 Å². The topological polar surface area (TPSA) is 75.6 Å². The van der Waals surface area contributed by atoms with Crippen LogP contribution >= 0.6 is 0 Å². The number of rotatable bonds is 5. The van der Waals surface area contributed by atoms with E-state index in [2.05, 4.69) is 5.32 Å². The summed E-state index contributed by atoms with van der Waals surface area (Å²) < 4.78 is 5.57. The summed E-state index contributed by atoms with van der Waals surface area (Å²) in [5.74, 6) is -1.20. The number of hydrogen-bond donors (Lipinski definition) is 2. The molecule has 5 nitrogen and oxygen atoms in total. The van der Waals surface area contributed by atoms with Crippen molar-refractivity contribution in [2.75, 3.05) is 6.61 Å². The number of ether oxygens (including phenoxy) is 1. The lowest BCUT2D eigenvalue weighted by molar-refractivity contribution is -0.194. The van der Waals surface area contributed by atoms with Gasteiger partial charge in [0.15, 0.2) is 0 Å². The Hall–Kier alpha value is -1.10. The molecule has 0 spiro atoms. The predicted molar refractivity (Wildman–Crippen MR) is 76.4 cm³/mol. The Morgan fingerprint density at radius 2 is 1.90 bits per heavy atom. The predicted octanol–water partition coefficient (Wildman–Crippen LogP) is 2.20. The van der Waals surface area contributed by atoms with Crippen LogP contribution in [0, 0.1) is 10.8 Å². The normalized spacial score (nSPS) is 28.6. The van der Waals surface area contributed by atoms with E-state index in [4.69, 9.17) is 4.74 Å². The number of hydrogen-bond acceptors (Lipinski definition) is 3. The Balaban J connectivity index is 2.87. The first-order valence-corrected chi connectivity index (χ1v) is 7.12. The van der Waals surface area contributed by atoms with E-state index < -0.39 is 16.9 Å². The summed E-state index contributed by atoms with van der Waals surface area (Å²) in [7, 11) is 0. The van der Waals surface area contributed by atoms with Crippen LogP contribution in [0.4, 0.5) is 0 Å². The second-order valence-corrected chi connectivity index (χ2v) is 7.37. The van der Waals surface area contributed by atoms with Gasteiger partial charge in [0.05, 0.1) is 6.10 Å². The van der Waals surface area contributed by atoms with E-state index in [1.165, 1.54) is 0 Å². The van der Waals surface area contributed by atoms with Crippen LogP contribution < -0.4 is 5.32 Å². The van der Waals surface area contributed by atoms with Gasteiger partial charge in [0, 0.05) is 24.9 Å². The van der Waals surface area contributed by atoms with Crippen molar-refractivity contribution in [3.63, 3.8) is 0 Å². The molecular formula is C15H27NO4. The Labute approximate surface area is 121 Å². The van der Waals surface area contributed by atoms with Gasteiger partial charge in [0.1, 0.15) is 5.54 Å². The number of carbonyl (C=O) groups excluding carboxylic acids is 1. The molecule has 2 atom stereocenters. The van der Waals surface area contributed by atoms with E-state index in [9.17, 15) is 14.7 Å². The molecular weight excluding hydrogens is 258 g/mol.